The highest BCUT2D eigenvalue weighted by Gasteiger charge is 2.06. The molecule has 0 fully saturated rings. The van der Waals surface area contributed by atoms with Gasteiger partial charge in [-0.2, -0.15) is 0 Å². The molecule has 1 amide bonds. The Hall–Kier alpha value is -1.10. The molecule has 1 aromatic rings. The van der Waals surface area contributed by atoms with E-state index in [0.717, 1.165) is 5.56 Å². The number of rotatable bonds is 7. The highest BCUT2D eigenvalue weighted by Crippen LogP contribution is 2.13. The van der Waals surface area contributed by atoms with E-state index < -0.39 is 0 Å². The normalized spacial score (nSPS) is 12.2. The number of amides is 1. The Balaban J connectivity index is 2.25. The van der Waals surface area contributed by atoms with E-state index in [1.807, 2.05) is 31.2 Å². The van der Waals surface area contributed by atoms with Crippen molar-refractivity contribution in [1.29, 1.82) is 0 Å². The first-order valence-electron chi connectivity index (χ1n) is 5.86. The highest BCUT2D eigenvalue weighted by molar-refractivity contribution is 6.31. The minimum absolute atomic E-state index is 0.0182. The van der Waals surface area contributed by atoms with Crippen molar-refractivity contribution in [3.63, 3.8) is 0 Å². The highest BCUT2D eigenvalue weighted by atomic mass is 35.5. The molecule has 1 atom stereocenters. The maximum absolute atomic E-state index is 11.5. The first-order chi connectivity index (χ1) is 8.63. The summed E-state index contributed by atoms with van der Waals surface area (Å²) >= 11 is 6.01. The van der Waals surface area contributed by atoms with Crippen molar-refractivity contribution >= 4 is 17.5 Å². The molecule has 0 bridgehead atoms. The van der Waals surface area contributed by atoms with Crippen molar-refractivity contribution < 1.29 is 9.53 Å². The maximum atomic E-state index is 11.5. The smallest absolute Gasteiger partial charge is 0.234 e. The fraction of sp³-hybridized carbons (Fsp3) is 0.462. The summed E-state index contributed by atoms with van der Waals surface area (Å²) in [5.41, 5.74) is 0.983. The summed E-state index contributed by atoms with van der Waals surface area (Å²) in [6.07, 6.45) is 0. The van der Waals surface area contributed by atoms with E-state index in [2.05, 4.69) is 10.6 Å². The third-order valence-corrected chi connectivity index (χ3v) is 2.75. The minimum Gasteiger partial charge on any atom is -0.383 e. The van der Waals surface area contributed by atoms with Crippen LogP contribution in [0.15, 0.2) is 24.3 Å². The molecule has 18 heavy (non-hydrogen) atoms. The minimum atomic E-state index is -0.0494. The van der Waals surface area contributed by atoms with Gasteiger partial charge in [-0.15, -0.1) is 0 Å². The average Bonchev–Trinajstić information content (AvgIpc) is 2.31. The van der Waals surface area contributed by atoms with Crippen LogP contribution in [0, 0.1) is 0 Å². The predicted octanol–water partition coefficient (Wildman–Crippen LogP) is 1.58. The van der Waals surface area contributed by atoms with E-state index in [9.17, 15) is 4.79 Å². The van der Waals surface area contributed by atoms with E-state index >= 15 is 0 Å². The van der Waals surface area contributed by atoms with Gasteiger partial charge >= 0.3 is 0 Å². The Kier molecular flexibility index (Phi) is 6.72. The lowest BCUT2D eigenvalue weighted by molar-refractivity contribution is -0.121. The van der Waals surface area contributed by atoms with Crippen molar-refractivity contribution in [2.45, 2.75) is 19.5 Å². The zero-order valence-corrected chi connectivity index (χ0v) is 11.5. The molecular weight excluding hydrogens is 252 g/mol. The summed E-state index contributed by atoms with van der Waals surface area (Å²) in [5.74, 6) is -0.0494. The van der Waals surface area contributed by atoms with Crippen LogP contribution in [0.4, 0.5) is 0 Å². The molecule has 0 saturated heterocycles. The standard InChI is InChI=1S/C13H19ClN2O2/c1-10(9-18-2)16-13(17)8-15-7-11-5-3-4-6-12(11)14/h3-6,10,15H,7-9H2,1-2H3,(H,16,17). The van der Waals surface area contributed by atoms with Crippen molar-refractivity contribution in [3.8, 4) is 0 Å². The Morgan fingerprint density at radius 3 is 2.83 bits per heavy atom. The molecule has 5 heteroatoms. The van der Waals surface area contributed by atoms with Crippen LogP contribution in [0.2, 0.25) is 5.02 Å². The monoisotopic (exact) mass is 270 g/mol. The molecule has 0 aliphatic carbocycles. The van der Waals surface area contributed by atoms with Crippen LogP contribution in [0.5, 0.6) is 0 Å². The van der Waals surface area contributed by atoms with Gasteiger partial charge in [0.15, 0.2) is 0 Å². The number of methoxy groups -OCH3 is 1. The second-order valence-corrected chi connectivity index (χ2v) is 4.53. The number of halogens is 1. The lowest BCUT2D eigenvalue weighted by Crippen LogP contribution is -2.40. The average molecular weight is 271 g/mol. The summed E-state index contributed by atoms with van der Waals surface area (Å²) < 4.78 is 4.94. The second-order valence-electron chi connectivity index (χ2n) is 4.12. The molecule has 0 heterocycles. The maximum Gasteiger partial charge on any atom is 0.234 e. The summed E-state index contributed by atoms with van der Waals surface area (Å²) in [5, 5.41) is 6.58. The molecule has 0 radical (unpaired) electrons. The van der Waals surface area contributed by atoms with Gasteiger partial charge in [0, 0.05) is 24.7 Å². The van der Waals surface area contributed by atoms with E-state index in [4.69, 9.17) is 16.3 Å². The van der Waals surface area contributed by atoms with E-state index in [0.29, 0.717) is 18.2 Å². The molecule has 0 spiro atoms. The summed E-state index contributed by atoms with van der Waals surface area (Å²) in [4.78, 5) is 11.5. The summed E-state index contributed by atoms with van der Waals surface area (Å²) in [6.45, 7) is 3.25. The zero-order valence-electron chi connectivity index (χ0n) is 10.7. The SMILES string of the molecule is COCC(C)NC(=O)CNCc1ccccc1Cl. The molecule has 1 aromatic carbocycles. The topological polar surface area (TPSA) is 50.4 Å². The quantitative estimate of drug-likeness (QED) is 0.791. The van der Waals surface area contributed by atoms with Crippen LogP contribution < -0.4 is 10.6 Å². The van der Waals surface area contributed by atoms with Crippen LogP contribution in [0.1, 0.15) is 12.5 Å². The van der Waals surface area contributed by atoms with E-state index in [1.54, 1.807) is 7.11 Å². The number of hydrogen-bond donors (Lipinski definition) is 2. The largest absolute Gasteiger partial charge is 0.383 e. The molecule has 2 N–H and O–H groups in total. The lowest BCUT2D eigenvalue weighted by atomic mass is 10.2. The van der Waals surface area contributed by atoms with Crippen LogP contribution in [0.25, 0.3) is 0 Å². The van der Waals surface area contributed by atoms with Gasteiger partial charge in [0.2, 0.25) is 5.91 Å². The van der Waals surface area contributed by atoms with Gasteiger partial charge < -0.3 is 15.4 Å². The first kappa shape index (κ1) is 15.0. The number of hydrogen-bond acceptors (Lipinski definition) is 3. The first-order valence-corrected chi connectivity index (χ1v) is 6.23. The number of carbonyl (C=O) groups excluding carboxylic acids is 1. The van der Waals surface area contributed by atoms with Gasteiger partial charge in [-0.25, -0.2) is 0 Å². The molecule has 0 aliphatic heterocycles. The lowest BCUT2D eigenvalue weighted by Gasteiger charge is -2.13. The van der Waals surface area contributed by atoms with E-state index in [1.165, 1.54) is 0 Å². The van der Waals surface area contributed by atoms with Gasteiger partial charge in [-0.3, -0.25) is 4.79 Å². The second kappa shape index (κ2) is 8.08. The van der Waals surface area contributed by atoms with Gasteiger partial charge in [0.1, 0.15) is 0 Å². The van der Waals surface area contributed by atoms with Gasteiger partial charge in [0.25, 0.3) is 0 Å². The Bertz CT molecular complexity index is 385. The predicted molar refractivity (Wildman–Crippen MR) is 72.6 cm³/mol. The molecule has 4 nitrogen and oxygen atoms in total. The Morgan fingerprint density at radius 1 is 1.44 bits per heavy atom. The van der Waals surface area contributed by atoms with Crippen LogP contribution in [0.3, 0.4) is 0 Å². The van der Waals surface area contributed by atoms with Crippen molar-refractivity contribution in [1.82, 2.24) is 10.6 Å². The van der Waals surface area contributed by atoms with Gasteiger partial charge in [0.05, 0.1) is 13.2 Å². The van der Waals surface area contributed by atoms with Gasteiger partial charge in [-0.1, -0.05) is 29.8 Å². The number of ether oxygens (including phenoxy) is 1. The van der Waals surface area contributed by atoms with Crippen molar-refractivity contribution in [3.05, 3.63) is 34.9 Å². The molecule has 100 valence electrons. The molecule has 0 aliphatic rings. The fourth-order valence-corrected chi connectivity index (χ4v) is 1.77. The van der Waals surface area contributed by atoms with Crippen LogP contribution in [-0.4, -0.2) is 32.2 Å². The van der Waals surface area contributed by atoms with Gasteiger partial charge in [-0.05, 0) is 18.6 Å². The number of carbonyl (C=O) groups is 1. The van der Waals surface area contributed by atoms with Crippen LogP contribution >= 0.6 is 11.6 Å². The number of benzene rings is 1. The summed E-state index contributed by atoms with van der Waals surface area (Å²) in [7, 11) is 1.61. The Morgan fingerprint density at radius 2 is 2.17 bits per heavy atom. The zero-order chi connectivity index (χ0) is 13.4. The van der Waals surface area contributed by atoms with Crippen LogP contribution in [-0.2, 0) is 16.1 Å². The van der Waals surface area contributed by atoms with Crippen molar-refractivity contribution in [2.75, 3.05) is 20.3 Å². The third-order valence-electron chi connectivity index (χ3n) is 2.38. The molecule has 0 aromatic heterocycles. The summed E-state index contributed by atoms with van der Waals surface area (Å²) in [6, 6.07) is 7.58. The number of nitrogens with one attached hydrogen (secondary N) is 2. The van der Waals surface area contributed by atoms with Crippen molar-refractivity contribution in [2.24, 2.45) is 0 Å². The molecule has 1 rings (SSSR count). The molecule has 1 unspecified atom stereocenters. The van der Waals surface area contributed by atoms with E-state index in [-0.39, 0.29) is 18.5 Å². The Labute approximate surface area is 113 Å². The molecular formula is C13H19ClN2O2. The molecule has 0 saturated carbocycles. The third kappa shape index (κ3) is 5.49. The fourth-order valence-electron chi connectivity index (χ4n) is 1.57.